The van der Waals surface area contributed by atoms with Gasteiger partial charge < -0.3 is 0 Å². The van der Waals surface area contributed by atoms with Crippen molar-refractivity contribution in [2.24, 2.45) is 0 Å². The Bertz CT molecular complexity index is 519. The van der Waals surface area contributed by atoms with Crippen LogP contribution in [0, 0.1) is 0 Å². The van der Waals surface area contributed by atoms with Crippen molar-refractivity contribution in [3.8, 4) is 0 Å². The first kappa shape index (κ1) is 17.2. The van der Waals surface area contributed by atoms with Gasteiger partial charge in [-0.25, -0.2) is 0 Å². The van der Waals surface area contributed by atoms with E-state index in [0.29, 0.717) is 16.0 Å². The minimum Gasteiger partial charge on any atom is -0.0834 e. The van der Waals surface area contributed by atoms with Crippen molar-refractivity contribution in [3.05, 3.63) is 71.8 Å². The summed E-state index contributed by atoms with van der Waals surface area (Å²) in [6.07, 6.45) is 0. The molecule has 2 aromatic carbocycles. The third-order valence-electron chi connectivity index (χ3n) is 3.93. The van der Waals surface area contributed by atoms with Crippen LogP contribution in [0.4, 0.5) is 0 Å². The van der Waals surface area contributed by atoms with Crippen LogP contribution < -0.4 is 0 Å². The summed E-state index contributed by atoms with van der Waals surface area (Å²) in [5.74, 6) is 0. The number of hydrogen-bond donors (Lipinski definition) is 0. The van der Waals surface area contributed by atoms with Crippen molar-refractivity contribution in [2.75, 3.05) is 0 Å². The summed E-state index contributed by atoms with van der Waals surface area (Å²) < 4.78 is 0. The van der Waals surface area contributed by atoms with E-state index in [9.17, 15) is 0 Å². The van der Waals surface area contributed by atoms with Crippen molar-refractivity contribution in [1.29, 1.82) is 0 Å². The van der Waals surface area contributed by atoms with E-state index in [1.165, 1.54) is 11.1 Å². The second-order valence-corrected chi connectivity index (χ2v) is 11.9. The lowest BCUT2D eigenvalue weighted by molar-refractivity contribution is 0.694. The SMILES string of the molecule is CC(C)(C)P(C(c1ccccc1)c1ccccc1)C(C)(C)C. The first-order valence-electron chi connectivity index (χ1n) is 8.10. The summed E-state index contributed by atoms with van der Waals surface area (Å²) in [6.45, 7) is 14.4. The molecule has 0 heterocycles. The van der Waals surface area contributed by atoms with Crippen LogP contribution >= 0.6 is 7.92 Å². The molecule has 2 rings (SSSR count). The number of hydrogen-bond acceptors (Lipinski definition) is 0. The van der Waals surface area contributed by atoms with E-state index in [1.54, 1.807) is 0 Å². The fourth-order valence-corrected chi connectivity index (χ4v) is 8.04. The molecule has 0 amide bonds. The Morgan fingerprint density at radius 3 is 1.18 bits per heavy atom. The first-order valence-corrected chi connectivity index (χ1v) is 9.51. The average molecular weight is 312 g/mol. The largest absolute Gasteiger partial charge is 0.0834 e. The summed E-state index contributed by atoms with van der Waals surface area (Å²) in [5.41, 5.74) is 3.38. The van der Waals surface area contributed by atoms with Gasteiger partial charge in [0.25, 0.3) is 0 Å². The molecule has 0 N–H and O–H groups in total. The van der Waals surface area contributed by atoms with Gasteiger partial charge >= 0.3 is 0 Å². The lowest BCUT2D eigenvalue weighted by Crippen LogP contribution is -2.28. The second kappa shape index (κ2) is 6.55. The van der Waals surface area contributed by atoms with Crippen LogP contribution in [-0.4, -0.2) is 10.3 Å². The Kier molecular flexibility index (Phi) is 5.13. The normalized spacial score (nSPS) is 12.9. The fraction of sp³-hybridized carbons (Fsp3) is 0.429. The molecule has 0 saturated heterocycles. The molecule has 1 heteroatoms. The van der Waals surface area contributed by atoms with Gasteiger partial charge in [0.1, 0.15) is 0 Å². The highest BCUT2D eigenvalue weighted by molar-refractivity contribution is 7.61. The highest BCUT2D eigenvalue weighted by Crippen LogP contribution is 2.69. The van der Waals surface area contributed by atoms with Crippen molar-refractivity contribution < 1.29 is 0 Å². The Morgan fingerprint density at radius 2 is 0.909 bits per heavy atom. The van der Waals surface area contributed by atoms with E-state index in [0.717, 1.165) is 0 Å². The molecular formula is C21H29P. The van der Waals surface area contributed by atoms with Crippen LogP contribution in [0.1, 0.15) is 58.3 Å². The second-order valence-electron chi connectivity index (χ2n) is 7.94. The van der Waals surface area contributed by atoms with Gasteiger partial charge in [0, 0.05) is 5.66 Å². The summed E-state index contributed by atoms with van der Waals surface area (Å²) in [6, 6.07) is 22.1. The smallest absolute Gasteiger partial charge is 0.0301 e. The van der Waals surface area contributed by atoms with Gasteiger partial charge in [0.05, 0.1) is 0 Å². The Hall–Kier alpha value is -1.13. The molecule has 0 spiro atoms. The van der Waals surface area contributed by atoms with Gasteiger partial charge in [0.2, 0.25) is 0 Å². The predicted octanol–water partition coefficient (Wildman–Crippen LogP) is 6.85. The van der Waals surface area contributed by atoms with Gasteiger partial charge in [-0.3, -0.25) is 0 Å². The lowest BCUT2D eigenvalue weighted by atomic mass is 10.0. The molecule has 0 aromatic heterocycles. The van der Waals surface area contributed by atoms with Gasteiger partial charge in [-0.15, -0.1) is 0 Å². The van der Waals surface area contributed by atoms with Crippen LogP contribution in [0.2, 0.25) is 0 Å². The first-order chi connectivity index (χ1) is 10.2. The minimum absolute atomic E-state index is 0.259. The molecule has 0 aliphatic carbocycles. The maximum Gasteiger partial charge on any atom is 0.0301 e. The zero-order chi connectivity index (χ0) is 16.4. The van der Waals surface area contributed by atoms with E-state index in [4.69, 9.17) is 0 Å². The molecule has 22 heavy (non-hydrogen) atoms. The summed E-state index contributed by atoms with van der Waals surface area (Å²) in [5, 5.41) is 0.591. The molecule has 0 unspecified atom stereocenters. The molecule has 118 valence electrons. The summed E-state index contributed by atoms with van der Waals surface area (Å²) in [4.78, 5) is 0. The Morgan fingerprint density at radius 1 is 0.591 bits per heavy atom. The van der Waals surface area contributed by atoms with Gasteiger partial charge in [-0.2, -0.15) is 0 Å². The van der Waals surface area contributed by atoms with Gasteiger partial charge in [-0.05, 0) is 21.4 Å². The molecule has 0 nitrogen and oxygen atoms in total. The van der Waals surface area contributed by atoms with Crippen LogP contribution in [0.25, 0.3) is 0 Å². The average Bonchev–Trinajstić information content (AvgIpc) is 2.44. The van der Waals surface area contributed by atoms with E-state index in [1.807, 2.05) is 0 Å². The zero-order valence-corrected chi connectivity index (χ0v) is 15.7. The number of rotatable bonds is 3. The molecular weight excluding hydrogens is 283 g/mol. The Labute approximate surface area is 137 Å². The molecule has 0 bridgehead atoms. The van der Waals surface area contributed by atoms with Crippen LogP contribution in [0.5, 0.6) is 0 Å². The van der Waals surface area contributed by atoms with Crippen LogP contribution in [-0.2, 0) is 0 Å². The third-order valence-corrected chi connectivity index (χ3v) is 7.94. The van der Waals surface area contributed by atoms with Crippen molar-refractivity contribution in [3.63, 3.8) is 0 Å². The molecule has 0 saturated carbocycles. The Balaban J connectivity index is 2.62. The molecule has 0 aliphatic rings. The molecule has 2 aromatic rings. The van der Waals surface area contributed by atoms with E-state index in [-0.39, 0.29) is 7.92 Å². The quantitative estimate of drug-likeness (QED) is 0.543. The van der Waals surface area contributed by atoms with Gasteiger partial charge in [-0.1, -0.05) is 110 Å². The fourth-order valence-electron chi connectivity index (χ4n) is 3.54. The zero-order valence-electron chi connectivity index (χ0n) is 14.8. The third kappa shape index (κ3) is 3.99. The maximum absolute atomic E-state index is 2.41. The van der Waals surface area contributed by atoms with E-state index < -0.39 is 0 Å². The molecule has 0 radical (unpaired) electrons. The highest BCUT2D eigenvalue weighted by atomic mass is 31.1. The van der Waals surface area contributed by atoms with E-state index >= 15 is 0 Å². The monoisotopic (exact) mass is 312 g/mol. The van der Waals surface area contributed by atoms with Crippen molar-refractivity contribution in [1.82, 2.24) is 0 Å². The van der Waals surface area contributed by atoms with Crippen molar-refractivity contribution >= 4 is 7.92 Å². The van der Waals surface area contributed by atoms with Crippen LogP contribution in [0.3, 0.4) is 0 Å². The predicted molar refractivity (Wildman–Crippen MR) is 101 cm³/mol. The lowest BCUT2D eigenvalue weighted by Gasteiger charge is -2.47. The minimum atomic E-state index is -0.259. The number of benzene rings is 2. The highest BCUT2D eigenvalue weighted by Gasteiger charge is 2.41. The molecule has 0 atom stereocenters. The molecule has 0 aliphatic heterocycles. The summed E-state index contributed by atoms with van der Waals surface area (Å²) in [7, 11) is -0.259. The van der Waals surface area contributed by atoms with Crippen molar-refractivity contribution in [2.45, 2.75) is 57.5 Å². The van der Waals surface area contributed by atoms with Crippen LogP contribution in [0.15, 0.2) is 60.7 Å². The maximum atomic E-state index is 2.41. The molecule has 0 fully saturated rings. The summed E-state index contributed by atoms with van der Waals surface area (Å²) >= 11 is 0. The topological polar surface area (TPSA) is 0 Å². The van der Waals surface area contributed by atoms with E-state index in [2.05, 4.69) is 102 Å². The van der Waals surface area contributed by atoms with Gasteiger partial charge in [0.15, 0.2) is 0 Å². The standard InChI is InChI=1S/C21H29P/c1-20(2,3)22(21(4,5)6)19(17-13-9-7-10-14-17)18-15-11-8-12-16-18/h7-16,19H,1-6H3.